The topological polar surface area (TPSA) is 109 Å². The van der Waals surface area contributed by atoms with Crippen molar-refractivity contribution < 1.29 is 4.79 Å². The predicted octanol–water partition coefficient (Wildman–Crippen LogP) is 5.49. The molecule has 9 heteroatoms. The van der Waals surface area contributed by atoms with Gasteiger partial charge in [-0.05, 0) is 61.4 Å². The van der Waals surface area contributed by atoms with Crippen LogP contribution in [-0.2, 0) is 6.54 Å². The molecule has 4 aromatic rings. The highest BCUT2D eigenvalue weighted by Gasteiger charge is 2.23. The fourth-order valence-electron chi connectivity index (χ4n) is 4.82. The maximum atomic E-state index is 12.9. The third-order valence-corrected chi connectivity index (χ3v) is 7.12. The molecule has 0 saturated carbocycles. The first kappa shape index (κ1) is 26.5. The number of aliphatic imine (C=N–C) groups is 1. The first-order valence-corrected chi connectivity index (χ1v) is 13.0. The fourth-order valence-corrected chi connectivity index (χ4v) is 4.99. The molecule has 0 bridgehead atoms. The van der Waals surface area contributed by atoms with Crippen LogP contribution in [0.5, 0.6) is 0 Å². The van der Waals surface area contributed by atoms with Crippen molar-refractivity contribution in [1.82, 2.24) is 19.9 Å². The van der Waals surface area contributed by atoms with Crippen molar-refractivity contribution in [2.75, 3.05) is 18.4 Å². The standard InChI is InChI=1S/C29H26ClN7O.CH4/c30-20-6-9-23-24(15-20)27(25-3-1-2-12-32-25)33-16-19-17-34-29(36-26(19)23)35-22-7-4-18(5-8-22)28(38)37-13-10-21(31)11-14-37;/h1-9,12,15,17,21H,10-11,13-14,16,31H2,(H,34,35,36);1H4. The Balaban J connectivity index is 0.00000308. The zero-order valence-corrected chi connectivity index (χ0v) is 21.4. The van der Waals surface area contributed by atoms with E-state index < -0.39 is 0 Å². The highest BCUT2D eigenvalue weighted by atomic mass is 35.5. The lowest BCUT2D eigenvalue weighted by Crippen LogP contribution is -2.42. The Bertz CT molecular complexity index is 1510. The second-order valence-electron chi connectivity index (χ2n) is 9.47. The van der Waals surface area contributed by atoms with Gasteiger partial charge in [0, 0.05) is 64.5 Å². The molecule has 2 aliphatic heterocycles. The molecule has 0 unspecified atom stereocenters. The van der Waals surface area contributed by atoms with Crippen molar-refractivity contribution >= 4 is 34.9 Å². The van der Waals surface area contributed by atoms with Crippen LogP contribution < -0.4 is 11.1 Å². The molecule has 0 atom stereocenters. The van der Waals surface area contributed by atoms with Crippen LogP contribution >= 0.6 is 11.6 Å². The highest BCUT2D eigenvalue weighted by Crippen LogP contribution is 2.33. The van der Waals surface area contributed by atoms with Crippen molar-refractivity contribution in [1.29, 1.82) is 0 Å². The average molecular weight is 540 g/mol. The Kier molecular flexibility index (Phi) is 7.67. The first-order chi connectivity index (χ1) is 18.5. The van der Waals surface area contributed by atoms with Crippen LogP contribution in [0, 0.1) is 0 Å². The largest absolute Gasteiger partial charge is 0.339 e. The summed E-state index contributed by atoms with van der Waals surface area (Å²) in [5, 5.41) is 3.89. The number of nitrogens with zero attached hydrogens (tertiary/aromatic N) is 5. The van der Waals surface area contributed by atoms with Crippen molar-refractivity contribution in [3.63, 3.8) is 0 Å². The van der Waals surface area contributed by atoms with Gasteiger partial charge >= 0.3 is 0 Å². The minimum absolute atomic E-state index is 0. The number of aromatic nitrogens is 3. The summed E-state index contributed by atoms with van der Waals surface area (Å²) in [4.78, 5) is 33.5. The monoisotopic (exact) mass is 539 g/mol. The Hall–Kier alpha value is -4.14. The number of anilines is 2. The number of rotatable bonds is 4. The second kappa shape index (κ2) is 11.3. The van der Waals surface area contributed by atoms with Crippen LogP contribution in [0.1, 0.15) is 47.4 Å². The van der Waals surface area contributed by atoms with Gasteiger partial charge in [-0.1, -0.05) is 31.2 Å². The molecule has 4 heterocycles. The Labute approximate surface area is 233 Å². The molecule has 198 valence electrons. The van der Waals surface area contributed by atoms with Gasteiger partial charge in [-0.3, -0.25) is 14.8 Å². The number of piperidine rings is 1. The van der Waals surface area contributed by atoms with E-state index >= 15 is 0 Å². The van der Waals surface area contributed by atoms with Gasteiger partial charge in [-0.2, -0.15) is 0 Å². The van der Waals surface area contributed by atoms with E-state index in [0.29, 0.717) is 36.2 Å². The first-order valence-electron chi connectivity index (χ1n) is 12.6. The summed E-state index contributed by atoms with van der Waals surface area (Å²) in [6, 6.07) is 19.1. The summed E-state index contributed by atoms with van der Waals surface area (Å²) in [6.45, 7) is 1.81. The maximum absolute atomic E-state index is 12.9. The van der Waals surface area contributed by atoms with Crippen molar-refractivity contribution in [2.24, 2.45) is 10.7 Å². The molecular weight excluding hydrogens is 510 g/mol. The molecule has 39 heavy (non-hydrogen) atoms. The smallest absolute Gasteiger partial charge is 0.253 e. The Morgan fingerprint density at radius 3 is 2.54 bits per heavy atom. The molecule has 2 aliphatic rings. The van der Waals surface area contributed by atoms with Crippen LogP contribution in [0.15, 0.2) is 78.0 Å². The fraction of sp³-hybridized carbons (Fsp3) is 0.233. The zero-order valence-electron chi connectivity index (χ0n) is 20.6. The van der Waals surface area contributed by atoms with E-state index in [-0.39, 0.29) is 19.4 Å². The molecule has 6 rings (SSSR count). The number of fused-ring (bicyclic) bond motifs is 3. The van der Waals surface area contributed by atoms with E-state index in [2.05, 4.69) is 15.3 Å². The third-order valence-electron chi connectivity index (χ3n) is 6.89. The molecule has 3 N–H and O–H groups in total. The Morgan fingerprint density at radius 2 is 1.79 bits per heavy atom. The number of benzene rings is 2. The minimum Gasteiger partial charge on any atom is -0.339 e. The molecule has 0 radical (unpaired) electrons. The Morgan fingerprint density at radius 1 is 1.00 bits per heavy atom. The van der Waals surface area contributed by atoms with Gasteiger partial charge in [0.15, 0.2) is 0 Å². The summed E-state index contributed by atoms with van der Waals surface area (Å²) in [6.07, 6.45) is 5.23. The molecule has 2 aromatic heterocycles. The average Bonchev–Trinajstić information content (AvgIpc) is 3.10. The van der Waals surface area contributed by atoms with Gasteiger partial charge in [0.1, 0.15) is 0 Å². The minimum atomic E-state index is 0. The lowest BCUT2D eigenvalue weighted by atomic mass is 9.97. The van der Waals surface area contributed by atoms with Crippen molar-refractivity contribution in [3.05, 3.63) is 100 Å². The van der Waals surface area contributed by atoms with Crippen molar-refractivity contribution in [3.8, 4) is 11.3 Å². The summed E-state index contributed by atoms with van der Waals surface area (Å²) in [5.41, 5.74) is 12.5. The number of hydrogen-bond acceptors (Lipinski definition) is 7. The summed E-state index contributed by atoms with van der Waals surface area (Å²) < 4.78 is 0. The van der Waals surface area contributed by atoms with E-state index in [9.17, 15) is 4.79 Å². The van der Waals surface area contributed by atoms with E-state index in [4.69, 9.17) is 27.3 Å². The number of nitrogens with one attached hydrogen (secondary N) is 1. The van der Waals surface area contributed by atoms with E-state index in [0.717, 1.165) is 52.3 Å². The number of pyridine rings is 1. The van der Waals surface area contributed by atoms with Crippen LogP contribution in [0.4, 0.5) is 11.6 Å². The molecule has 1 saturated heterocycles. The number of carbonyl (C=O) groups is 1. The van der Waals surface area contributed by atoms with Gasteiger partial charge < -0.3 is 16.0 Å². The number of hydrogen-bond donors (Lipinski definition) is 2. The molecule has 0 spiro atoms. The molecular formula is C30H30ClN7O. The maximum Gasteiger partial charge on any atom is 0.253 e. The molecule has 1 amide bonds. The number of amides is 1. The lowest BCUT2D eigenvalue weighted by Gasteiger charge is -2.30. The number of carbonyl (C=O) groups excluding carboxylic acids is 1. The van der Waals surface area contributed by atoms with Gasteiger partial charge in [0.05, 0.1) is 23.6 Å². The van der Waals surface area contributed by atoms with E-state index in [1.54, 1.807) is 12.4 Å². The normalized spacial score (nSPS) is 14.8. The van der Waals surface area contributed by atoms with Gasteiger partial charge in [0.2, 0.25) is 5.95 Å². The van der Waals surface area contributed by atoms with Gasteiger partial charge in [0.25, 0.3) is 5.91 Å². The molecule has 1 fully saturated rings. The number of likely N-dealkylation sites (tertiary alicyclic amines) is 1. The van der Waals surface area contributed by atoms with Gasteiger partial charge in [-0.25, -0.2) is 9.97 Å². The predicted molar refractivity (Wildman–Crippen MR) is 156 cm³/mol. The summed E-state index contributed by atoms with van der Waals surface area (Å²) in [7, 11) is 0. The molecule has 0 aliphatic carbocycles. The van der Waals surface area contributed by atoms with Crippen LogP contribution in [0.2, 0.25) is 5.02 Å². The summed E-state index contributed by atoms with van der Waals surface area (Å²) in [5.74, 6) is 0.485. The number of nitrogens with two attached hydrogens (primary N) is 1. The lowest BCUT2D eigenvalue weighted by molar-refractivity contribution is 0.0715. The quantitative estimate of drug-likeness (QED) is 0.355. The van der Waals surface area contributed by atoms with Crippen LogP contribution in [0.3, 0.4) is 0 Å². The third kappa shape index (κ3) is 5.53. The molecule has 2 aromatic carbocycles. The second-order valence-corrected chi connectivity index (χ2v) is 9.91. The van der Waals surface area contributed by atoms with E-state index in [1.807, 2.05) is 65.6 Å². The van der Waals surface area contributed by atoms with Crippen molar-refractivity contribution in [2.45, 2.75) is 32.9 Å². The highest BCUT2D eigenvalue weighted by molar-refractivity contribution is 6.31. The zero-order chi connectivity index (χ0) is 26.1. The van der Waals surface area contributed by atoms with Crippen LogP contribution in [0.25, 0.3) is 11.3 Å². The van der Waals surface area contributed by atoms with E-state index in [1.165, 1.54) is 0 Å². The van der Waals surface area contributed by atoms with Gasteiger partial charge in [-0.15, -0.1) is 0 Å². The molecule has 8 nitrogen and oxygen atoms in total. The SMILES string of the molecule is C.NC1CCN(C(=O)c2ccc(Nc3ncc4c(n3)-c3ccc(Cl)cc3C(c3ccccn3)=NC4)cc2)CC1. The summed E-state index contributed by atoms with van der Waals surface area (Å²) >= 11 is 6.39. The van der Waals surface area contributed by atoms with Crippen LogP contribution in [-0.4, -0.2) is 50.6 Å². The number of halogens is 1.